The summed E-state index contributed by atoms with van der Waals surface area (Å²) in [6.07, 6.45) is 0. The summed E-state index contributed by atoms with van der Waals surface area (Å²) in [4.78, 5) is 26.9. The number of aryl methyl sites for hydroxylation is 1. The molecule has 0 spiro atoms. The molecule has 1 heterocycles. The van der Waals surface area contributed by atoms with Crippen molar-refractivity contribution in [2.75, 3.05) is 32.7 Å². The smallest absolute Gasteiger partial charge is 0.242 e. The van der Waals surface area contributed by atoms with E-state index in [0.29, 0.717) is 0 Å². The van der Waals surface area contributed by atoms with E-state index in [1.165, 1.54) is 18.1 Å². The van der Waals surface area contributed by atoms with Gasteiger partial charge in [0.25, 0.3) is 0 Å². The number of carbonyl (C=O) groups is 2. The fraction of sp³-hybridized carbons (Fsp3) is 0.500. The normalized spacial score (nSPS) is 15.8. The monoisotopic (exact) mass is 289 g/mol. The molecule has 21 heavy (non-hydrogen) atoms. The molecular formula is C16H23N3O2. The van der Waals surface area contributed by atoms with Crippen LogP contribution >= 0.6 is 0 Å². The Balaban J connectivity index is 1.78. The third-order valence-corrected chi connectivity index (χ3v) is 3.70. The van der Waals surface area contributed by atoms with Gasteiger partial charge in [0, 0.05) is 39.6 Å². The fourth-order valence-corrected chi connectivity index (χ4v) is 2.54. The lowest BCUT2D eigenvalue weighted by Gasteiger charge is -2.34. The number of nitrogens with zero attached hydrogens (tertiary/aromatic N) is 2. The first kappa shape index (κ1) is 15.5. The first-order chi connectivity index (χ1) is 10.0. The van der Waals surface area contributed by atoms with Gasteiger partial charge in [-0.05, 0) is 12.5 Å². The Morgan fingerprint density at radius 2 is 1.90 bits per heavy atom. The fourth-order valence-electron chi connectivity index (χ4n) is 2.54. The van der Waals surface area contributed by atoms with E-state index in [9.17, 15) is 9.59 Å². The van der Waals surface area contributed by atoms with E-state index in [1.807, 2.05) is 4.90 Å². The van der Waals surface area contributed by atoms with Gasteiger partial charge in [0.15, 0.2) is 0 Å². The minimum absolute atomic E-state index is 0.000376. The molecule has 0 aromatic heterocycles. The molecule has 1 aromatic carbocycles. The minimum atomic E-state index is -0.165. The predicted octanol–water partition coefficient (Wildman–Crippen LogP) is 0.775. The SMILES string of the molecule is CC(=O)NCC(=O)N1CCN(Cc2cccc(C)c2)CC1. The van der Waals surface area contributed by atoms with Crippen molar-refractivity contribution in [3.8, 4) is 0 Å². The van der Waals surface area contributed by atoms with Crippen LogP contribution in [0.25, 0.3) is 0 Å². The van der Waals surface area contributed by atoms with Gasteiger partial charge in [-0.15, -0.1) is 0 Å². The van der Waals surface area contributed by atoms with Crippen molar-refractivity contribution in [1.82, 2.24) is 15.1 Å². The van der Waals surface area contributed by atoms with Gasteiger partial charge >= 0.3 is 0 Å². The Morgan fingerprint density at radius 3 is 2.52 bits per heavy atom. The molecule has 114 valence electrons. The van der Waals surface area contributed by atoms with E-state index in [1.54, 1.807) is 0 Å². The number of piperazine rings is 1. The number of amides is 2. The predicted molar refractivity (Wildman–Crippen MR) is 81.7 cm³/mol. The summed E-state index contributed by atoms with van der Waals surface area (Å²) in [7, 11) is 0. The highest BCUT2D eigenvalue weighted by molar-refractivity contribution is 5.83. The third-order valence-electron chi connectivity index (χ3n) is 3.70. The maximum atomic E-state index is 11.9. The molecular weight excluding hydrogens is 266 g/mol. The molecule has 1 aromatic rings. The van der Waals surface area contributed by atoms with Crippen molar-refractivity contribution < 1.29 is 9.59 Å². The molecule has 1 saturated heterocycles. The van der Waals surface area contributed by atoms with Crippen molar-refractivity contribution in [3.05, 3.63) is 35.4 Å². The van der Waals surface area contributed by atoms with E-state index >= 15 is 0 Å². The Bertz CT molecular complexity index is 508. The van der Waals surface area contributed by atoms with Gasteiger partial charge in [-0.1, -0.05) is 29.8 Å². The van der Waals surface area contributed by atoms with E-state index in [0.717, 1.165) is 32.7 Å². The molecule has 0 unspecified atom stereocenters. The lowest BCUT2D eigenvalue weighted by molar-refractivity contribution is -0.134. The molecule has 0 atom stereocenters. The second-order valence-electron chi connectivity index (χ2n) is 5.56. The van der Waals surface area contributed by atoms with Gasteiger partial charge in [-0.2, -0.15) is 0 Å². The highest BCUT2D eigenvalue weighted by atomic mass is 16.2. The average Bonchev–Trinajstić information content (AvgIpc) is 2.45. The molecule has 1 N–H and O–H groups in total. The summed E-state index contributed by atoms with van der Waals surface area (Å²) in [5.74, 6) is -0.165. The van der Waals surface area contributed by atoms with Crippen LogP contribution in [0.4, 0.5) is 0 Å². The van der Waals surface area contributed by atoms with Crippen LogP contribution in [0.1, 0.15) is 18.1 Å². The lowest BCUT2D eigenvalue weighted by atomic mass is 10.1. The molecule has 1 aliphatic rings. The van der Waals surface area contributed by atoms with Crippen LogP contribution in [-0.4, -0.2) is 54.3 Å². The van der Waals surface area contributed by atoms with Crippen LogP contribution in [0.15, 0.2) is 24.3 Å². The first-order valence-electron chi connectivity index (χ1n) is 7.35. The zero-order valence-corrected chi connectivity index (χ0v) is 12.8. The highest BCUT2D eigenvalue weighted by Crippen LogP contribution is 2.10. The molecule has 5 heteroatoms. The first-order valence-corrected chi connectivity index (χ1v) is 7.35. The van der Waals surface area contributed by atoms with Crippen molar-refractivity contribution in [2.24, 2.45) is 0 Å². The number of nitrogens with one attached hydrogen (secondary N) is 1. The van der Waals surface area contributed by atoms with Crippen LogP contribution < -0.4 is 5.32 Å². The van der Waals surface area contributed by atoms with Crippen molar-refractivity contribution in [1.29, 1.82) is 0 Å². The summed E-state index contributed by atoms with van der Waals surface area (Å²) in [5.41, 5.74) is 2.59. The molecule has 1 aliphatic heterocycles. The molecule has 0 bridgehead atoms. The lowest BCUT2D eigenvalue weighted by Crippen LogP contribution is -2.50. The molecule has 0 aliphatic carbocycles. The zero-order valence-electron chi connectivity index (χ0n) is 12.8. The molecule has 2 rings (SSSR count). The second kappa shape index (κ2) is 7.22. The zero-order chi connectivity index (χ0) is 15.2. The largest absolute Gasteiger partial charge is 0.347 e. The quantitative estimate of drug-likeness (QED) is 0.891. The summed E-state index contributed by atoms with van der Waals surface area (Å²) >= 11 is 0. The Kier molecular flexibility index (Phi) is 5.33. The standard InChI is InChI=1S/C16H23N3O2/c1-13-4-3-5-15(10-13)12-18-6-8-19(9-7-18)16(21)11-17-14(2)20/h3-5,10H,6-9,11-12H2,1-2H3,(H,17,20). The van der Waals surface area contributed by atoms with Gasteiger partial charge in [-0.3, -0.25) is 14.5 Å². The van der Waals surface area contributed by atoms with Gasteiger partial charge in [0.1, 0.15) is 0 Å². The van der Waals surface area contributed by atoms with E-state index in [-0.39, 0.29) is 18.4 Å². The van der Waals surface area contributed by atoms with Crippen LogP contribution in [0.2, 0.25) is 0 Å². The third kappa shape index (κ3) is 4.86. The molecule has 0 radical (unpaired) electrons. The number of carbonyl (C=O) groups excluding carboxylic acids is 2. The van der Waals surface area contributed by atoms with Crippen LogP contribution in [0.3, 0.4) is 0 Å². The van der Waals surface area contributed by atoms with Crippen LogP contribution in [0, 0.1) is 6.92 Å². The molecule has 1 fully saturated rings. The van der Waals surface area contributed by atoms with Gasteiger partial charge in [0.05, 0.1) is 6.54 Å². The maximum absolute atomic E-state index is 11.9. The highest BCUT2D eigenvalue weighted by Gasteiger charge is 2.20. The van der Waals surface area contributed by atoms with E-state index < -0.39 is 0 Å². The average molecular weight is 289 g/mol. The van der Waals surface area contributed by atoms with Crippen molar-refractivity contribution >= 4 is 11.8 Å². The van der Waals surface area contributed by atoms with Crippen molar-refractivity contribution in [3.63, 3.8) is 0 Å². The number of benzene rings is 1. The second-order valence-corrected chi connectivity index (χ2v) is 5.56. The number of rotatable bonds is 4. The van der Waals surface area contributed by atoms with E-state index in [4.69, 9.17) is 0 Å². The minimum Gasteiger partial charge on any atom is -0.347 e. The molecule has 2 amide bonds. The summed E-state index contributed by atoms with van der Waals surface area (Å²) in [6, 6.07) is 8.52. The summed E-state index contributed by atoms with van der Waals surface area (Å²) in [5, 5.41) is 2.56. The maximum Gasteiger partial charge on any atom is 0.242 e. The van der Waals surface area contributed by atoms with Gasteiger partial charge in [0.2, 0.25) is 11.8 Å². The number of hydrogen-bond donors (Lipinski definition) is 1. The molecule has 0 saturated carbocycles. The molecule has 5 nitrogen and oxygen atoms in total. The Labute approximate surface area is 125 Å². The van der Waals surface area contributed by atoms with Gasteiger partial charge < -0.3 is 10.2 Å². The van der Waals surface area contributed by atoms with Crippen molar-refractivity contribution in [2.45, 2.75) is 20.4 Å². The Hall–Kier alpha value is -1.88. The van der Waals surface area contributed by atoms with Crippen LogP contribution in [0.5, 0.6) is 0 Å². The number of hydrogen-bond acceptors (Lipinski definition) is 3. The topological polar surface area (TPSA) is 52.7 Å². The summed E-state index contributed by atoms with van der Waals surface area (Å²) < 4.78 is 0. The summed E-state index contributed by atoms with van der Waals surface area (Å²) in [6.45, 7) is 7.76. The van der Waals surface area contributed by atoms with E-state index in [2.05, 4.69) is 41.4 Å². The van der Waals surface area contributed by atoms with Crippen LogP contribution in [-0.2, 0) is 16.1 Å². The van der Waals surface area contributed by atoms with Gasteiger partial charge in [-0.25, -0.2) is 0 Å². The Morgan fingerprint density at radius 1 is 1.19 bits per heavy atom.